The number of hydrogen-bond donors (Lipinski definition) is 1. The highest BCUT2D eigenvalue weighted by atomic mass is 16.5. The van der Waals surface area contributed by atoms with Crippen LogP contribution < -0.4 is 10.2 Å². The molecular weight excluding hydrogens is 336 g/mol. The van der Waals surface area contributed by atoms with E-state index in [2.05, 4.69) is 20.4 Å². The number of amides is 1. The van der Waals surface area contributed by atoms with Crippen molar-refractivity contribution in [3.63, 3.8) is 0 Å². The van der Waals surface area contributed by atoms with Gasteiger partial charge in [0.05, 0.1) is 31.6 Å². The second-order valence-corrected chi connectivity index (χ2v) is 5.79. The molecule has 3 aromatic rings. The van der Waals surface area contributed by atoms with Crippen LogP contribution in [-0.2, 0) is 11.3 Å². The molecule has 0 saturated carbocycles. The molecule has 1 amide bonds. The highest BCUT2D eigenvalue weighted by Gasteiger charge is 2.19. The molecule has 8 heteroatoms. The number of para-hydroxylation sites is 1. The third kappa shape index (κ3) is 3.45. The fraction of sp³-hybridized carbons (Fsp3) is 0.278. The average molecular weight is 354 g/mol. The predicted octanol–water partition coefficient (Wildman–Crippen LogP) is 2.10. The summed E-state index contributed by atoms with van der Waals surface area (Å²) >= 11 is 0. The molecule has 1 saturated heterocycles. The first-order valence-corrected chi connectivity index (χ1v) is 8.37. The second kappa shape index (κ2) is 7.40. The summed E-state index contributed by atoms with van der Waals surface area (Å²) in [5, 5.41) is 6.70. The van der Waals surface area contributed by atoms with Gasteiger partial charge in [-0.05, 0) is 24.3 Å². The van der Waals surface area contributed by atoms with Crippen molar-refractivity contribution in [3.05, 3.63) is 54.0 Å². The van der Waals surface area contributed by atoms with Crippen LogP contribution in [0.25, 0.3) is 11.7 Å². The highest BCUT2D eigenvalue weighted by molar-refractivity contribution is 5.99. The first-order chi connectivity index (χ1) is 12.8. The summed E-state index contributed by atoms with van der Waals surface area (Å²) in [5.74, 6) is 0.978. The Morgan fingerprint density at radius 1 is 1.15 bits per heavy atom. The number of furan rings is 1. The first-order valence-electron chi connectivity index (χ1n) is 8.37. The Kier molecular flexibility index (Phi) is 4.65. The number of morpholine rings is 1. The van der Waals surface area contributed by atoms with Crippen molar-refractivity contribution in [2.45, 2.75) is 6.54 Å². The van der Waals surface area contributed by atoms with Crippen molar-refractivity contribution < 1.29 is 18.5 Å². The molecule has 1 fully saturated rings. The molecule has 0 spiro atoms. The number of rotatable bonds is 5. The molecular formula is C18H18N4O4. The number of benzene rings is 1. The summed E-state index contributed by atoms with van der Waals surface area (Å²) in [6.07, 6.45) is 1.53. The van der Waals surface area contributed by atoms with Gasteiger partial charge in [0.1, 0.15) is 0 Å². The fourth-order valence-electron chi connectivity index (χ4n) is 2.83. The van der Waals surface area contributed by atoms with Crippen LogP contribution in [0.2, 0.25) is 0 Å². The number of carbonyl (C=O) groups excluding carboxylic acids is 1. The molecule has 26 heavy (non-hydrogen) atoms. The minimum Gasteiger partial charge on any atom is -0.459 e. The summed E-state index contributed by atoms with van der Waals surface area (Å²) in [5.41, 5.74) is 1.52. The maximum atomic E-state index is 12.6. The lowest BCUT2D eigenvalue weighted by atomic mass is 10.1. The van der Waals surface area contributed by atoms with Crippen LogP contribution in [0.3, 0.4) is 0 Å². The molecule has 0 bridgehead atoms. The van der Waals surface area contributed by atoms with Gasteiger partial charge >= 0.3 is 0 Å². The third-order valence-corrected chi connectivity index (χ3v) is 4.11. The number of hydrogen-bond acceptors (Lipinski definition) is 7. The summed E-state index contributed by atoms with van der Waals surface area (Å²) in [7, 11) is 0. The zero-order valence-corrected chi connectivity index (χ0v) is 14.1. The SMILES string of the molecule is O=C(NCc1noc(-c2ccco2)n1)c1ccccc1N1CCOCC1. The molecule has 0 atom stereocenters. The number of carbonyl (C=O) groups is 1. The molecule has 134 valence electrons. The van der Waals surface area contributed by atoms with E-state index in [0.717, 1.165) is 18.8 Å². The van der Waals surface area contributed by atoms with E-state index in [9.17, 15) is 4.79 Å². The molecule has 1 N–H and O–H groups in total. The van der Waals surface area contributed by atoms with Gasteiger partial charge in [0.25, 0.3) is 11.8 Å². The van der Waals surface area contributed by atoms with Gasteiger partial charge in [-0.1, -0.05) is 17.3 Å². The van der Waals surface area contributed by atoms with Gasteiger partial charge in [-0.3, -0.25) is 4.79 Å². The molecule has 2 aromatic heterocycles. The van der Waals surface area contributed by atoms with Crippen molar-refractivity contribution in [3.8, 4) is 11.7 Å². The molecule has 4 rings (SSSR count). The number of aromatic nitrogens is 2. The average Bonchev–Trinajstić information content (AvgIpc) is 3.38. The number of nitrogens with one attached hydrogen (secondary N) is 1. The first kappa shape index (κ1) is 16.3. The van der Waals surface area contributed by atoms with Crippen LogP contribution in [0, 0.1) is 0 Å². The van der Waals surface area contributed by atoms with Crippen molar-refractivity contribution in [2.75, 3.05) is 31.2 Å². The van der Waals surface area contributed by atoms with Gasteiger partial charge in [0, 0.05) is 18.8 Å². The van der Waals surface area contributed by atoms with E-state index in [1.807, 2.05) is 24.3 Å². The van der Waals surface area contributed by atoms with E-state index in [1.54, 1.807) is 12.1 Å². The van der Waals surface area contributed by atoms with Crippen molar-refractivity contribution in [1.82, 2.24) is 15.5 Å². The largest absolute Gasteiger partial charge is 0.459 e. The lowest BCUT2D eigenvalue weighted by Gasteiger charge is -2.30. The summed E-state index contributed by atoms with van der Waals surface area (Å²) < 4.78 is 15.7. The zero-order chi connectivity index (χ0) is 17.8. The van der Waals surface area contributed by atoms with E-state index in [0.29, 0.717) is 30.4 Å². The van der Waals surface area contributed by atoms with Gasteiger partial charge in [0.2, 0.25) is 0 Å². The topological polar surface area (TPSA) is 93.6 Å². The second-order valence-electron chi connectivity index (χ2n) is 5.79. The van der Waals surface area contributed by atoms with Gasteiger partial charge in [-0.15, -0.1) is 0 Å². The standard InChI is InChI=1S/C18H18N4O4/c23-17(13-4-1-2-5-14(13)22-7-10-24-11-8-22)19-12-16-20-18(26-21-16)15-6-3-9-25-15/h1-6,9H,7-8,10-12H2,(H,19,23). The minimum atomic E-state index is -0.184. The molecule has 1 aromatic carbocycles. The van der Waals surface area contributed by atoms with Gasteiger partial charge in [0.15, 0.2) is 11.6 Å². The smallest absolute Gasteiger partial charge is 0.293 e. The van der Waals surface area contributed by atoms with Gasteiger partial charge in [-0.2, -0.15) is 4.98 Å². The Bertz CT molecular complexity index is 869. The fourth-order valence-corrected chi connectivity index (χ4v) is 2.83. The van der Waals surface area contributed by atoms with E-state index in [-0.39, 0.29) is 18.3 Å². The molecule has 0 unspecified atom stereocenters. The summed E-state index contributed by atoms with van der Waals surface area (Å²) in [4.78, 5) is 19.0. The van der Waals surface area contributed by atoms with Crippen LogP contribution >= 0.6 is 0 Å². The molecule has 0 radical (unpaired) electrons. The Balaban J connectivity index is 1.44. The van der Waals surface area contributed by atoms with E-state index >= 15 is 0 Å². The number of anilines is 1. The Labute approximate surface area is 149 Å². The van der Waals surface area contributed by atoms with Crippen LogP contribution in [0.5, 0.6) is 0 Å². The van der Waals surface area contributed by atoms with Crippen LogP contribution in [0.15, 0.2) is 51.6 Å². The Morgan fingerprint density at radius 2 is 2.00 bits per heavy atom. The monoisotopic (exact) mass is 354 g/mol. The summed E-state index contributed by atoms with van der Waals surface area (Å²) in [6.45, 7) is 3.02. The predicted molar refractivity (Wildman–Crippen MR) is 92.6 cm³/mol. The molecule has 1 aliphatic heterocycles. The van der Waals surface area contributed by atoms with Crippen LogP contribution in [0.4, 0.5) is 5.69 Å². The number of ether oxygens (including phenoxy) is 1. The lowest BCUT2D eigenvalue weighted by Crippen LogP contribution is -2.37. The maximum absolute atomic E-state index is 12.6. The third-order valence-electron chi connectivity index (χ3n) is 4.11. The van der Waals surface area contributed by atoms with Gasteiger partial charge < -0.3 is 23.9 Å². The molecule has 3 heterocycles. The van der Waals surface area contributed by atoms with E-state index in [1.165, 1.54) is 6.26 Å². The molecule has 1 aliphatic rings. The summed E-state index contributed by atoms with van der Waals surface area (Å²) in [6, 6.07) is 11.0. The molecule has 8 nitrogen and oxygen atoms in total. The minimum absolute atomic E-state index is 0.167. The van der Waals surface area contributed by atoms with Crippen molar-refractivity contribution in [2.24, 2.45) is 0 Å². The van der Waals surface area contributed by atoms with Gasteiger partial charge in [-0.25, -0.2) is 0 Å². The van der Waals surface area contributed by atoms with E-state index in [4.69, 9.17) is 13.7 Å². The zero-order valence-electron chi connectivity index (χ0n) is 14.1. The maximum Gasteiger partial charge on any atom is 0.293 e. The van der Waals surface area contributed by atoms with Crippen molar-refractivity contribution >= 4 is 11.6 Å². The Morgan fingerprint density at radius 3 is 2.81 bits per heavy atom. The van der Waals surface area contributed by atoms with Crippen LogP contribution in [-0.4, -0.2) is 42.4 Å². The highest BCUT2D eigenvalue weighted by Crippen LogP contribution is 2.22. The molecule has 0 aliphatic carbocycles. The van der Waals surface area contributed by atoms with E-state index < -0.39 is 0 Å². The normalized spacial score (nSPS) is 14.4. The van der Waals surface area contributed by atoms with Crippen molar-refractivity contribution in [1.29, 1.82) is 0 Å². The lowest BCUT2D eigenvalue weighted by molar-refractivity contribution is 0.0948. The quantitative estimate of drug-likeness (QED) is 0.750. The Hall–Kier alpha value is -3.13. The number of nitrogens with zero attached hydrogens (tertiary/aromatic N) is 3. The van der Waals surface area contributed by atoms with Crippen LogP contribution in [0.1, 0.15) is 16.2 Å².